The summed E-state index contributed by atoms with van der Waals surface area (Å²) in [7, 11) is 1.70. The summed E-state index contributed by atoms with van der Waals surface area (Å²) in [6.45, 7) is 3.10. The number of anilines is 1. The second-order valence-electron chi connectivity index (χ2n) is 4.66. The summed E-state index contributed by atoms with van der Waals surface area (Å²) < 4.78 is 18.6. The van der Waals surface area contributed by atoms with Crippen molar-refractivity contribution in [1.29, 1.82) is 0 Å². The minimum atomic E-state index is -0.371. The molecule has 18 heavy (non-hydrogen) atoms. The van der Waals surface area contributed by atoms with Crippen LogP contribution in [0.25, 0.3) is 0 Å². The number of hydrogen-bond acceptors (Lipinski definition) is 3. The molecule has 0 N–H and O–H groups in total. The van der Waals surface area contributed by atoms with E-state index in [0.717, 1.165) is 31.6 Å². The van der Waals surface area contributed by atoms with Gasteiger partial charge < -0.3 is 9.64 Å². The Bertz CT molecular complexity index is 447. The van der Waals surface area contributed by atoms with Gasteiger partial charge in [0.15, 0.2) is 5.78 Å². The van der Waals surface area contributed by atoms with Crippen molar-refractivity contribution < 1.29 is 13.9 Å². The molecule has 1 aromatic carbocycles. The third-order valence-electron chi connectivity index (χ3n) is 3.39. The Labute approximate surface area is 107 Å². The molecule has 0 aromatic heterocycles. The summed E-state index contributed by atoms with van der Waals surface area (Å²) in [5.74, 6) is -0.478. The van der Waals surface area contributed by atoms with E-state index in [-0.39, 0.29) is 17.7 Å². The number of ketones is 1. The molecular formula is C14H18FNO2. The Balaban J connectivity index is 2.29. The third-order valence-corrected chi connectivity index (χ3v) is 3.39. The van der Waals surface area contributed by atoms with E-state index < -0.39 is 0 Å². The molecule has 0 spiro atoms. The molecule has 0 radical (unpaired) electrons. The SMILES string of the molecule is COC1CCCN(c2ccc(F)cc2C(C)=O)C1. The molecule has 1 aliphatic rings. The Morgan fingerprint density at radius 1 is 1.50 bits per heavy atom. The molecule has 1 aliphatic heterocycles. The summed E-state index contributed by atoms with van der Waals surface area (Å²) in [5.41, 5.74) is 1.26. The number of ether oxygens (including phenoxy) is 1. The number of nitrogens with zero attached hydrogens (tertiary/aromatic N) is 1. The van der Waals surface area contributed by atoms with Crippen molar-refractivity contribution >= 4 is 11.5 Å². The van der Waals surface area contributed by atoms with Crippen LogP contribution < -0.4 is 4.90 Å². The van der Waals surface area contributed by atoms with Gasteiger partial charge in [-0.2, -0.15) is 0 Å². The number of hydrogen-bond donors (Lipinski definition) is 0. The zero-order valence-electron chi connectivity index (χ0n) is 10.8. The molecule has 3 nitrogen and oxygen atoms in total. The van der Waals surface area contributed by atoms with E-state index in [1.165, 1.54) is 19.1 Å². The fourth-order valence-electron chi connectivity index (χ4n) is 2.42. The van der Waals surface area contributed by atoms with Crippen LogP contribution in [0.5, 0.6) is 0 Å². The molecule has 4 heteroatoms. The first-order valence-corrected chi connectivity index (χ1v) is 6.20. The maximum atomic E-state index is 13.2. The maximum Gasteiger partial charge on any atom is 0.161 e. The highest BCUT2D eigenvalue weighted by Gasteiger charge is 2.22. The van der Waals surface area contributed by atoms with Gasteiger partial charge in [-0.25, -0.2) is 4.39 Å². The van der Waals surface area contributed by atoms with Crippen molar-refractivity contribution in [2.24, 2.45) is 0 Å². The van der Waals surface area contributed by atoms with Gasteiger partial charge in [-0.05, 0) is 38.0 Å². The van der Waals surface area contributed by atoms with Gasteiger partial charge in [-0.15, -0.1) is 0 Å². The van der Waals surface area contributed by atoms with Crippen molar-refractivity contribution in [3.63, 3.8) is 0 Å². The lowest BCUT2D eigenvalue weighted by atomic mass is 10.0. The summed E-state index contributed by atoms with van der Waals surface area (Å²) in [5, 5.41) is 0. The van der Waals surface area contributed by atoms with Crippen LogP contribution >= 0.6 is 0 Å². The maximum absolute atomic E-state index is 13.2. The first-order chi connectivity index (χ1) is 8.61. The Morgan fingerprint density at radius 2 is 2.28 bits per heavy atom. The van der Waals surface area contributed by atoms with Gasteiger partial charge in [-0.3, -0.25) is 4.79 Å². The largest absolute Gasteiger partial charge is 0.380 e. The van der Waals surface area contributed by atoms with E-state index in [1.54, 1.807) is 13.2 Å². The molecular weight excluding hydrogens is 233 g/mol. The number of carbonyl (C=O) groups excluding carboxylic acids is 1. The van der Waals surface area contributed by atoms with Crippen LogP contribution in [0.15, 0.2) is 18.2 Å². The summed E-state index contributed by atoms with van der Waals surface area (Å²) in [6.07, 6.45) is 2.24. The molecule has 1 heterocycles. The molecule has 1 saturated heterocycles. The van der Waals surface area contributed by atoms with E-state index in [1.807, 2.05) is 0 Å². The fraction of sp³-hybridized carbons (Fsp3) is 0.500. The van der Waals surface area contributed by atoms with Gasteiger partial charge in [0.25, 0.3) is 0 Å². The van der Waals surface area contributed by atoms with Crippen molar-refractivity contribution in [1.82, 2.24) is 0 Å². The molecule has 1 fully saturated rings. The van der Waals surface area contributed by atoms with E-state index in [2.05, 4.69) is 4.90 Å². The van der Waals surface area contributed by atoms with Gasteiger partial charge in [0.1, 0.15) is 5.82 Å². The highest BCUT2D eigenvalue weighted by Crippen LogP contribution is 2.26. The van der Waals surface area contributed by atoms with Crippen molar-refractivity contribution in [3.05, 3.63) is 29.6 Å². The van der Waals surface area contributed by atoms with Crippen LogP contribution in [0, 0.1) is 5.82 Å². The van der Waals surface area contributed by atoms with Crippen LogP contribution in [-0.2, 0) is 4.74 Å². The number of rotatable bonds is 3. The predicted octanol–water partition coefficient (Wildman–Crippen LogP) is 2.64. The second-order valence-corrected chi connectivity index (χ2v) is 4.66. The van der Waals surface area contributed by atoms with Crippen molar-refractivity contribution in [3.8, 4) is 0 Å². The Hall–Kier alpha value is -1.42. The molecule has 0 aliphatic carbocycles. The average Bonchev–Trinajstić information content (AvgIpc) is 2.38. The lowest BCUT2D eigenvalue weighted by molar-refractivity contribution is 0.0890. The zero-order valence-corrected chi connectivity index (χ0v) is 10.8. The normalized spacial score (nSPS) is 19.9. The minimum absolute atomic E-state index is 0.107. The third kappa shape index (κ3) is 2.70. The highest BCUT2D eigenvalue weighted by molar-refractivity contribution is 5.99. The van der Waals surface area contributed by atoms with Gasteiger partial charge in [0, 0.05) is 31.5 Å². The minimum Gasteiger partial charge on any atom is -0.380 e. The molecule has 1 unspecified atom stereocenters. The van der Waals surface area contributed by atoms with Crippen molar-refractivity contribution in [2.45, 2.75) is 25.9 Å². The van der Waals surface area contributed by atoms with E-state index in [9.17, 15) is 9.18 Å². The molecule has 0 amide bonds. The molecule has 98 valence electrons. The first kappa shape index (κ1) is 13.0. The number of Topliss-reactive ketones (excluding diaryl/α,β-unsaturated/α-hetero) is 1. The molecule has 1 aromatic rings. The first-order valence-electron chi connectivity index (χ1n) is 6.20. The quantitative estimate of drug-likeness (QED) is 0.773. The highest BCUT2D eigenvalue weighted by atomic mass is 19.1. The van der Waals surface area contributed by atoms with E-state index >= 15 is 0 Å². The van der Waals surface area contributed by atoms with Gasteiger partial charge in [0.05, 0.1) is 6.10 Å². The monoisotopic (exact) mass is 251 g/mol. The van der Waals surface area contributed by atoms with Crippen LogP contribution in [0.4, 0.5) is 10.1 Å². The molecule has 0 saturated carbocycles. The Kier molecular flexibility index (Phi) is 3.97. The summed E-state index contributed by atoms with van der Waals surface area (Å²) >= 11 is 0. The number of piperidine rings is 1. The smallest absolute Gasteiger partial charge is 0.161 e. The molecule has 2 rings (SSSR count). The number of carbonyl (C=O) groups is 1. The zero-order chi connectivity index (χ0) is 13.1. The van der Waals surface area contributed by atoms with Gasteiger partial charge >= 0.3 is 0 Å². The Morgan fingerprint density at radius 3 is 2.94 bits per heavy atom. The standard InChI is InChI=1S/C14H18FNO2/c1-10(17)13-8-11(15)5-6-14(13)16-7-3-4-12(9-16)18-2/h5-6,8,12H,3-4,7,9H2,1-2H3. The fourth-order valence-corrected chi connectivity index (χ4v) is 2.42. The average molecular weight is 251 g/mol. The summed E-state index contributed by atoms with van der Waals surface area (Å²) in [4.78, 5) is 13.7. The summed E-state index contributed by atoms with van der Waals surface area (Å²) in [6, 6.07) is 4.40. The molecule has 0 bridgehead atoms. The second kappa shape index (κ2) is 5.48. The number of methoxy groups -OCH3 is 1. The van der Waals surface area contributed by atoms with Gasteiger partial charge in [0.2, 0.25) is 0 Å². The molecule has 1 atom stereocenters. The lowest BCUT2D eigenvalue weighted by Crippen LogP contribution is -2.39. The van der Waals surface area contributed by atoms with E-state index in [0.29, 0.717) is 5.56 Å². The van der Waals surface area contributed by atoms with Crippen molar-refractivity contribution in [2.75, 3.05) is 25.1 Å². The topological polar surface area (TPSA) is 29.5 Å². The predicted molar refractivity (Wildman–Crippen MR) is 68.6 cm³/mol. The number of halogens is 1. The van der Waals surface area contributed by atoms with Crippen LogP contribution in [0.2, 0.25) is 0 Å². The van der Waals surface area contributed by atoms with Crippen LogP contribution in [0.1, 0.15) is 30.1 Å². The van der Waals surface area contributed by atoms with Crippen LogP contribution in [0.3, 0.4) is 0 Å². The lowest BCUT2D eigenvalue weighted by Gasteiger charge is -2.34. The van der Waals surface area contributed by atoms with E-state index in [4.69, 9.17) is 4.74 Å². The van der Waals surface area contributed by atoms with Gasteiger partial charge in [-0.1, -0.05) is 0 Å². The van der Waals surface area contributed by atoms with Crippen LogP contribution in [-0.4, -0.2) is 32.1 Å². The number of benzene rings is 1.